The molecule has 0 saturated carbocycles. The molecule has 1 aromatic rings. The van der Waals surface area contributed by atoms with Crippen molar-refractivity contribution >= 4 is 10.0 Å². The summed E-state index contributed by atoms with van der Waals surface area (Å²) in [5.74, 6) is 1.48. The van der Waals surface area contributed by atoms with Crippen LogP contribution in [0.5, 0.6) is 0 Å². The standard InChI is InChI=1S/C9H9FN2O2S/c1-3-7(2)12-15(13,14)9-4-8(10)5-11-6-9/h1,4-7,12H,2H3. The van der Waals surface area contributed by atoms with Crippen molar-refractivity contribution in [1.29, 1.82) is 0 Å². The number of hydrogen-bond donors (Lipinski definition) is 1. The first-order valence-corrected chi connectivity index (χ1v) is 5.53. The zero-order chi connectivity index (χ0) is 11.5. The normalized spacial score (nSPS) is 13.1. The summed E-state index contributed by atoms with van der Waals surface area (Å²) >= 11 is 0. The maximum absolute atomic E-state index is 12.7. The number of halogens is 1. The van der Waals surface area contributed by atoms with Gasteiger partial charge in [-0.15, -0.1) is 6.42 Å². The molecule has 1 atom stereocenters. The molecule has 0 radical (unpaired) electrons. The van der Waals surface area contributed by atoms with Crippen molar-refractivity contribution in [1.82, 2.24) is 9.71 Å². The molecule has 0 aliphatic heterocycles. The van der Waals surface area contributed by atoms with E-state index in [0.29, 0.717) is 0 Å². The predicted octanol–water partition coefficient (Wildman–Crippen LogP) is 0.521. The van der Waals surface area contributed by atoms with Crippen LogP contribution in [0.1, 0.15) is 6.92 Å². The highest BCUT2D eigenvalue weighted by molar-refractivity contribution is 7.89. The van der Waals surface area contributed by atoms with E-state index in [4.69, 9.17) is 6.42 Å². The molecule has 80 valence electrons. The molecule has 1 N–H and O–H groups in total. The van der Waals surface area contributed by atoms with Crippen LogP contribution in [-0.2, 0) is 10.0 Å². The van der Waals surface area contributed by atoms with Gasteiger partial charge < -0.3 is 0 Å². The van der Waals surface area contributed by atoms with Crippen LogP contribution in [0.25, 0.3) is 0 Å². The third-order valence-corrected chi connectivity index (χ3v) is 3.08. The summed E-state index contributed by atoms with van der Waals surface area (Å²) in [6, 6.07) is 0.219. The topological polar surface area (TPSA) is 59.1 Å². The number of aromatic nitrogens is 1. The van der Waals surface area contributed by atoms with E-state index in [1.54, 1.807) is 0 Å². The Morgan fingerprint density at radius 1 is 1.60 bits per heavy atom. The van der Waals surface area contributed by atoms with E-state index in [0.717, 1.165) is 18.5 Å². The third kappa shape index (κ3) is 3.01. The number of nitrogens with zero attached hydrogens (tertiary/aromatic N) is 1. The Morgan fingerprint density at radius 3 is 2.80 bits per heavy atom. The Labute approximate surface area is 87.6 Å². The summed E-state index contributed by atoms with van der Waals surface area (Å²) in [5.41, 5.74) is 0. The van der Waals surface area contributed by atoms with Gasteiger partial charge in [0.05, 0.1) is 12.2 Å². The van der Waals surface area contributed by atoms with E-state index in [1.807, 2.05) is 0 Å². The van der Waals surface area contributed by atoms with Crippen LogP contribution in [0, 0.1) is 18.2 Å². The maximum atomic E-state index is 12.7. The summed E-state index contributed by atoms with van der Waals surface area (Å²) in [5, 5.41) is 0. The Bertz CT molecular complexity index is 493. The van der Waals surface area contributed by atoms with Crippen molar-refractivity contribution in [2.45, 2.75) is 17.9 Å². The van der Waals surface area contributed by atoms with Crippen LogP contribution in [0.3, 0.4) is 0 Å². The highest BCUT2D eigenvalue weighted by Crippen LogP contribution is 2.08. The summed E-state index contributed by atoms with van der Waals surface area (Å²) in [4.78, 5) is 3.19. The molecule has 1 rings (SSSR count). The molecule has 0 aliphatic carbocycles. The molecule has 0 aliphatic rings. The van der Waals surface area contributed by atoms with Crippen molar-refractivity contribution in [3.05, 3.63) is 24.3 Å². The smallest absolute Gasteiger partial charge is 0.243 e. The lowest BCUT2D eigenvalue weighted by Crippen LogP contribution is -2.31. The molecule has 0 bridgehead atoms. The first kappa shape index (κ1) is 11.6. The van der Waals surface area contributed by atoms with Gasteiger partial charge in [-0.25, -0.2) is 12.8 Å². The lowest BCUT2D eigenvalue weighted by molar-refractivity contribution is 0.572. The van der Waals surface area contributed by atoms with Crippen molar-refractivity contribution in [3.8, 4) is 12.3 Å². The largest absolute Gasteiger partial charge is 0.260 e. The molecule has 1 unspecified atom stereocenters. The molecule has 6 heteroatoms. The van der Waals surface area contributed by atoms with Crippen LogP contribution in [0.2, 0.25) is 0 Å². The quantitative estimate of drug-likeness (QED) is 0.767. The van der Waals surface area contributed by atoms with Gasteiger partial charge in [0.1, 0.15) is 10.7 Å². The van der Waals surface area contributed by atoms with E-state index in [1.165, 1.54) is 6.92 Å². The molecular weight excluding hydrogens is 219 g/mol. The van der Waals surface area contributed by atoms with E-state index in [2.05, 4.69) is 15.6 Å². The number of nitrogens with one attached hydrogen (secondary N) is 1. The molecule has 0 aromatic carbocycles. The molecule has 0 fully saturated rings. The van der Waals surface area contributed by atoms with E-state index >= 15 is 0 Å². The molecule has 0 spiro atoms. The minimum absolute atomic E-state index is 0.246. The van der Waals surface area contributed by atoms with Gasteiger partial charge >= 0.3 is 0 Å². The Balaban J connectivity index is 3.03. The molecule has 15 heavy (non-hydrogen) atoms. The summed E-state index contributed by atoms with van der Waals surface area (Å²) in [7, 11) is -3.79. The van der Waals surface area contributed by atoms with Crippen LogP contribution < -0.4 is 4.72 Å². The molecular formula is C9H9FN2O2S. The summed E-state index contributed by atoms with van der Waals surface area (Å²) < 4.78 is 38.0. The fraction of sp³-hybridized carbons (Fsp3) is 0.222. The van der Waals surface area contributed by atoms with E-state index in [-0.39, 0.29) is 4.90 Å². The molecule has 1 aromatic heterocycles. The zero-order valence-electron chi connectivity index (χ0n) is 7.94. The van der Waals surface area contributed by atoms with Gasteiger partial charge in [-0.2, -0.15) is 4.72 Å². The van der Waals surface area contributed by atoms with Crippen molar-refractivity contribution in [2.75, 3.05) is 0 Å². The molecule has 4 nitrogen and oxygen atoms in total. The molecule has 1 heterocycles. The Morgan fingerprint density at radius 2 is 2.27 bits per heavy atom. The van der Waals surface area contributed by atoms with Crippen molar-refractivity contribution in [2.24, 2.45) is 0 Å². The van der Waals surface area contributed by atoms with Gasteiger partial charge in [0, 0.05) is 6.20 Å². The summed E-state index contributed by atoms with van der Waals surface area (Å²) in [6.45, 7) is 1.50. The average Bonchev–Trinajstić information content (AvgIpc) is 2.17. The van der Waals surface area contributed by atoms with Gasteiger partial charge in [-0.3, -0.25) is 4.98 Å². The third-order valence-electron chi connectivity index (χ3n) is 1.57. The minimum atomic E-state index is -3.79. The minimum Gasteiger partial charge on any atom is -0.260 e. The monoisotopic (exact) mass is 228 g/mol. The fourth-order valence-corrected chi connectivity index (χ4v) is 2.01. The highest BCUT2D eigenvalue weighted by atomic mass is 32.2. The van der Waals surface area contributed by atoms with Gasteiger partial charge in [-0.05, 0) is 13.0 Å². The van der Waals surface area contributed by atoms with Crippen LogP contribution in [-0.4, -0.2) is 19.4 Å². The zero-order valence-corrected chi connectivity index (χ0v) is 8.75. The van der Waals surface area contributed by atoms with Gasteiger partial charge in [0.25, 0.3) is 0 Å². The number of sulfonamides is 1. The highest BCUT2D eigenvalue weighted by Gasteiger charge is 2.16. The van der Waals surface area contributed by atoms with Gasteiger partial charge in [-0.1, -0.05) is 5.92 Å². The first-order valence-electron chi connectivity index (χ1n) is 4.05. The fourth-order valence-electron chi connectivity index (χ4n) is 0.874. The maximum Gasteiger partial charge on any atom is 0.243 e. The Kier molecular flexibility index (Phi) is 3.39. The van der Waals surface area contributed by atoms with Gasteiger partial charge in [0.15, 0.2) is 0 Å². The second-order valence-corrected chi connectivity index (χ2v) is 4.56. The number of rotatable bonds is 3. The molecule has 0 saturated heterocycles. The second-order valence-electron chi connectivity index (χ2n) is 2.85. The Hall–Kier alpha value is -1.45. The van der Waals surface area contributed by atoms with Crippen LogP contribution in [0.15, 0.2) is 23.4 Å². The SMILES string of the molecule is C#CC(C)NS(=O)(=O)c1cncc(F)c1. The summed E-state index contributed by atoms with van der Waals surface area (Å²) in [6.07, 6.45) is 6.99. The average molecular weight is 228 g/mol. The molecule has 0 amide bonds. The van der Waals surface area contributed by atoms with E-state index < -0.39 is 21.9 Å². The van der Waals surface area contributed by atoms with Crippen molar-refractivity contribution < 1.29 is 12.8 Å². The number of pyridine rings is 1. The number of terminal acetylenes is 1. The van der Waals surface area contributed by atoms with E-state index in [9.17, 15) is 12.8 Å². The number of hydrogen-bond acceptors (Lipinski definition) is 3. The lowest BCUT2D eigenvalue weighted by Gasteiger charge is -2.08. The van der Waals surface area contributed by atoms with Gasteiger partial charge in [0.2, 0.25) is 10.0 Å². The first-order chi connectivity index (χ1) is 6.95. The van der Waals surface area contributed by atoms with Crippen molar-refractivity contribution in [3.63, 3.8) is 0 Å². The lowest BCUT2D eigenvalue weighted by atomic mass is 10.4. The predicted molar refractivity (Wildman–Crippen MR) is 52.8 cm³/mol. The second kappa shape index (κ2) is 4.38. The van der Waals surface area contributed by atoms with Crippen LogP contribution in [0.4, 0.5) is 4.39 Å². The van der Waals surface area contributed by atoms with Crippen LogP contribution >= 0.6 is 0 Å².